The van der Waals surface area contributed by atoms with E-state index < -0.39 is 0 Å². The minimum Gasteiger partial charge on any atom is -0.507 e. The van der Waals surface area contributed by atoms with E-state index in [0.717, 1.165) is 30.5 Å². The van der Waals surface area contributed by atoms with Crippen LogP contribution in [0.2, 0.25) is 5.02 Å². The highest BCUT2D eigenvalue weighted by Gasteiger charge is 2.31. The van der Waals surface area contributed by atoms with Gasteiger partial charge in [-0.1, -0.05) is 54.1 Å². The monoisotopic (exact) mass is 474 g/mol. The van der Waals surface area contributed by atoms with Crippen LogP contribution in [0.3, 0.4) is 0 Å². The fourth-order valence-electron chi connectivity index (χ4n) is 3.15. The lowest BCUT2D eigenvalue weighted by Gasteiger charge is -2.14. The van der Waals surface area contributed by atoms with E-state index in [2.05, 4.69) is 5.32 Å². The fourth-order valence-corrected chi connectivity index (χ4v) is 4.63. The Morgan fingerprint density at radius 3 is 2.81 bits per heavy atom. The van der Waals surface area contributed by atoms with Crippen LogP contribution in [0.5, 0.6) is 5.75 Å². The Balaban J connectivity index is 1.45. The first-order chi connectivity index (χ1) is 14.8. The highest BCUT2D eigenvalue weighted by molar-refractivity contribution is 8.26. The molecule has 0 radical (unpaired) electrons. The molecule has 2 amide bonds. The number of phenols is 1. The number of unbranched alkanes of at least 4 members (excludes halogenated alkanes) is 2. The molecule has 0 bridgehead atoms. The summed E-state index contributed by atoms with van der Waals surface area (Å²) in [5, 5.41) is 13.3. The summed E-state index contributed by atoms with van der Waals surface area (Å²) in [7, 11) is 0. The lowest BCUT2D eigenvalue weighted by atomic mass is 10.1. The van der Waals surface area contributed by atoms with Crippen molar-refractivity contribution in [2.45, 2.75) is 32.6 Å². The number of nitrogens with one attached hydrogen (secondary N) is 1. The van der Waals surface area contributed by atoms with Crippen LogP contribution in [0, 0.1) is 6.92 Å². The lowest BCUT2D eigenvalue weighted by molar-refractivity contribution is -0.122. The van der Waals surface area contributed by atoms with Gasteiger partial charge in [0.15, 0.2) is 0 Å². The van der Waals surface area contributed by atoms with Crippen molar-refractivity contribution in [1.82, 2.24) is 4.90 Å². The van der Waals surface area contributed by atoms with Gasteiger partial charge in [-0.2, -0.15) is 0 Å². The minimum absolute atomic E-state index is 0.0134. The maximum atomic E-state index is 12.7. The Hall–Kier alpha value is -2.35. The second-order valence-corrected chi connectivity index (χ2v) is 9.38. The van der Waals surface area contributed by atoms with Gasteiger partial charge in [0.25, 0.3) is 5.91 Å². The summed E-state index contributed by atoms with van der Waals surface area (Å²) in [5.74, 6) is -0.134. The molecule has 162 valence electrons. The zero-order chi connectivity index (χ0) is 22.4. The molecule has 0 unspecified atom stereocenters. The summed E-state index contributed by atoms with van der Waals surface area (Å²) >= 11 is 12.5. The summed E-state index contributed by atoms with van der Waals surface area (Å²) in [5.41, 5.74) is 2.38. The number of anilines is 1. The Morgan fingerprint density at radius 2 is 2.03 bits per heavy atom. The Bertz CT molecular complexity index is 1040. The van der Waals surface area contributed by atoms with Crippen LogP contribution in [-0.4, -0.2) is 32.7 Å². The quantitative estimate of drug-likeness (QED) is 0.289. The van der Waals surface area contributed by atoms with Gasteiger partial charge in [-0.05, 0) is 61.7 Å². The van der Waals surface area contributed by atoms with E-state index in [1.54, 1.807) is 23.1 Å². The number of hydrogen-bond acceptors (Lipinski definition) is 5. The van der Waals surface area contributed by atoms with Crippen LogP contribution in [0.1, 0.15) is 36.8 Å². The maximum absolute atomic E-state index is 12.7. The molecule has 0 aromatic heterocycles. The molecule has 2 aromatic rings. The number of carbonyl (C=O) groups is 2. The first-order valence-electron chi connectivity index (χ1n) is 9.94. The van der Waals surface area contributed by atoms with Crippen molar-refractivity contribution in [2.24, 2.45) is 0 Å². The SMILES string of the molecule is Cc1cccc(NC(=O)CCCCCN2C(=O)/C(=C/c3cc(Cl)ccc3O)SC2=S)c1. The van der Waals surface area contributed by atoms with Crippen LogP contribution in [-0.2, 0) is 9.59 Å². The minimum atomic E-state index is -0.174. The summed E-state index contributed by atoms with van der Waals surface area (Å²) in [6, 6.07) is 12.4. The van der Waals surface area contributed by atoms with E-state index in [-0.39, 0.29) is 17.6 Å². The van der Waals surface area contributed by atoms with Gasteiger partial charge in [0.2, 0.25) is 5.91 Å². The van der Waals surface area contributed by atoms with E-state index >= 15 is 0 Å². The Morgan fingerprint density at radius 1 is 1.23 bits per heavy atom. The molecule has 1 aliphatic rings. The van der Waals surface area contributed by atoms with Crippen molar-refractivity contribution in [1.29, 1.82) is 0 Å². The van der Waals surface area contributed by atoms with Crippen molar-refractivity contribution in [3.8, 4) is 5.75 Å². The molecule has 1 fully saturated rings. The second-order valence-electron chi connectivity index (χ2n) is 7.26. The number of amides is 2. The number of hydrogen-bond donors (Lipinski definition) is 2. The van der Waals surface area contributed by atoms with Gasteiger partial charge in [0.1, 0.15) is 10.1 Å². The molecule has 1 aliphatic heterocycles. The molecule has 2 aromatic carbocycles. The number of thiocarbonyl (C=S) groups is 1. The van der Waals surface area contributed by atoms with Crippen LogP contribution >= 0.6 is 35.6 Å². The van der Waals surface area contributed by atoms with Crippen LogP contribution < -0.4 is 5.32 Å². The largest absolute Gasteiger partial charge is 0.507 e. The molecular formula is C23H23ClN2O3S2. The number of phenolic OH excluding ortho intramolecular Hbond substituents is 1. The van der Waals surface area contributed by atoms with E-state index in [4.69, 9.17) is 23.8 Å². The number of aryl methyl sites for hydroxylation is 1. The molecule has 0 spiro atoms. The van der Waals surface area contributed by atoms with E-state index in [1.807, 2.05) is 31.2 Å². The number of aromatic hydroxyl groups is 1. The van der Waals surface area contributed by atoms with E-state index in [1.165, 1.54) is 17.8 Å². The number of halogens is 1. The molecule has 2 N–H and O–H groups in total. The topological polar surface area (TPSA) is 69.6 Å². The lowest BCUT2D eigenvalue weighted by Crippen LogP contribution is -2.29. The maximum Gasteiger partial charge on any atom is 0.266 e. The number of rotatable bonds is 8. The molecule has 5 nitrogen and oxygen atoms in total. The number of thioether (sulfide) groups is 1. The second kappa shape index (κ2) is 10.8. The van der Waals surface area contributed by atoms with Crippen LogP contribution in [0.4, 0.5) is 5.69 Å². The van der Waals surface area contributed by atoms with Gasteiger partial charge in [-0.25, -0.2) is 0 Å². The summed E-state index contributed by atoms with van der Waals surface area (Å²) in [6.07, 6.45) is 4.33. The highest BCUT2D eigenvalue weighted by atomic mass is 35.5. The predicted octanol–water partition coefficient (Wildman–Crippen LogP) is 5.75. The third-order valence-electron chi connectivity index (χ3n) is 4.74. The number of nitrogens with zero attached hydrogens (tertiary/aromatic N) is 1. The molecule has 8 heteroatoms. The summed E-state index contributed by atoms with van der Waals surface area (Å²) in [4.78, 5) is 26.8. The van der Waals surface area contributed by atoms with Crippen molar-refractivity contribution in [3.63, 3.8) is 0 Å². The third-order valence-corrected chi connectivity index (χ3v) is 6.35. The van der Waals surface area contributed by atoms with Gasteiger partial charge >= 0.3 is 0 Å². The van der Waals surface area contributed by atoms with E-state index in [9.17, 15) is 14.7 Å². The number of benzene rings is 2. The molecule has 1 saturated heterocycles. The zero-order valence-electron chi connectivity index (χ0n) is 17.1. The molecule has 1 heterocycles. The first-order valence-corrected chi connectivity index (χ1v) is 11.5. The van der Waals surface area contributed by atoms with Crippen molar-refractivity contribution in [3.05, 3.63) is 63.5 Å². The summed E-state index contributed by atoms with van der Waals surface area (Å²) in [6.45, 7) is 2.49. The van der Waals surface area contributed by atoms with E-state index in [0.29, 0.717) is 32.8 Å². The molecule has 0 saturated carbocycles. The van der Waals surface area contributed by atoms with Gasteiger partial charge in [0, 0.05) is 29.2 Å². The molecule has 0 atom stereocenters. The molecule has 3 rings (SSSR count). The molecular weight excluding hydrogens is 452 g/mol. The van der Waals surface area contributed by atoms with Gasteiger partial charge in [-0.3, -0.25) is 14.5 Å². The molecule has 31 heavy (non-hydrogen) atoms. The van der Waals surface area contributed by atoms with Gasteiger partial charge < -0.3 is 10.4 Å². The predicted molar refractivity (Wildman–Crippen MR) is 131 cm³/mol. The Labute approximate surface area is 196 Å². The smallest absolute Gasteiger partial charge is 0.266 e. The van der Waals surface area contributed by atoms with Crippen molar-refractivity contribution < 1.29 is 14.7 Å². The molecule has 0 aliphatic carbocycles. The summed E-state index contributed by atoms with van der Waals surface area (Å²) < 4.78 is 0.495. The third kappa shape index (κ3) is 6.56. The van der Waals surface area contributed by atoms with Gasteiger partial charge in [0.05, 0.1) is 4.91 Å². The van der Waals surface area contributed by atoms with Gasteiger partial charge in [-0.15, -0.1) is 0 Å². The van der Waals surface area contributed by atoms with Crippen LogP contribution in [0.15, 0.2) is 47.4 Å². The standard InChI is InChI=1S/C23H23ClN2O3S2/c1-15-6-5-7-18(12-15)25-21(28)8-3-2-4-11-26-22(29)20(31-23(26)30)14-16-13-17(24)9-10-19(16)27/h5-7,9-10,12-14,27H,2-4,8,11H2,1H3,(H,25,28)/b20-14-. The average Bonchev–Trinajstić information content (AvgIpc) is 2.97. The normalized spacial score (nSPS) is 15.0. The van der Waals surface area contributed by atoms with Crippen LogP contribution in [0.25, 0.3) is 6.08 Å². The zero-order valence-corrected chi connectivity index (χ0v) is 19.4. The number of carbonyl (C=O) groups excluding carboxylic acids is 2. The Kier molecular flexibility index (Phi) is 8.12. The van der Waals surface area contributed by atoms with Crippen molar-refractivity contribution in [2.75, 3.05) is 11.9 Å². The first kappa shape index (κ1) is 23.3. The van der Waals surface area contributed by atoms with Crippen molar-refractivity contribution >= 4 is 63.5 Å². The highest BCUT2D eigenvalue weighted by Crippen LogP contribution is 2.34. The average molecular weight is 475 g/mol. The fraction of sp³-hybridized carbons (Fsp3) is 0.261.